The molecule has 0 aromatic heterocycles. The van der Waals surface area contributed by atoms with Gasteiger partial charge in [0.25, 0.3) is 0 Å². The van der Waals surface area contributed by atoms with E-state index in [0.717, 1.165) is 14.2 Å². The average Bonchev–Trinajstić information content (AvgIpc) is 2.23. The lowest BCUT2D eigenvalue weighted by Crippen LogP contribution is -2.44. The standard InChI is InChI=1S/C8H14FNO4/c1-13-6(11)8(9,4-3-5-10)7(12)14-2/h3-5,10H2,1-2H3. The lowest BCUT2D eigenvalue weighted by atomic mass is 10.00. The van der Waals surface area contributed by atoms with Crippen molar-refractivity contribution in [1.29, 1.82) is 0 Å². The van der Waals surface area contributed by atoms with Crippen LogP contribution in [-0.4, -0.2) is 38.4 Å². The Morgan fingerprint density at radius 3 is 2.00 bits per heavy atom. The molecular weight excluding hydrogens is 193 g/mol. The Morgan fingerprint density at radius 2 is 1.71 bits per heavy atom. The van der Waals surface area contributed by atoms with Gasteiger partial charge in [-0.3, -0.25) is 0 Å². The van der Waals surface area contributed by atoms with Gasteiger partial charge in [-0.15, -0.1) is 0 Å². The fourth-order valence-electron chi connectivity index (χ4n) is 0.957. The highest BCUT2D eigenvalue weighted by Gasteiger charge is 2.48. The van der Waals surface area contributed by atoms with E-state index in [1.807, 2.05) is 0 Å². The van der Waals surface area contributed by atoms with Crippen molar-refractivity contribution >= 4 is 11.9 Å². The molecule has 14 heavy (non-hydrogen) atoms. The molecule has 0 fully saturated rings. The van der Waals surface area contributed by atoms with Crippen molar-refractivity contribution in [1.82, 2.24) is 0 Å². The van der Waals surface area contributed by atoms with E-state index < -0.39 is 17.6 Å². The molecule has 0 heterocycles. The molecule has 0 rings (SSSR count). The van der Waals surface area contributed by atoms with E-state index in [4.69, 9.17) is 5.73 Å². The zero-order valence-corrected chi connectivity index (χ0v) is 8.21. The molecule has 0 atom stereocenters. The zero-order valence-electron chi connectivity index (χ0n) is 8.21. The number of hydrogen-bond acceptors (Lipinski definition) is 5. The van der Waals surface area contributed by atoms with Gasteiger partial charge in [0.15, 0.2) is 0 Å². The van der Waals surface area contributed by atoms with Gasteiger partial charge in [-0.25, -0.2) is 14.0 Å². The molecule has 0 spiro atoms. The second-order valence-corrected chi connectivity index (χ2v) is 2.68. The third kappa shape index (κ3) is 2.66. The Bertz CT molecular complexity index is 203. The van der Waals surface area contributed by atoms with Crippen LogP contribution in [-0.2, 0) is 19.1 Å². The summed E-state index contributed by atoms with van der Waals surface area (Å²) in [4.78, 5) is 22.0. The lowest BCUT2D eigenvalue weighted by molar-refractivity contribution is -0.172. The van der Waals surface area contributed by atoms with E-state index in [-0.39, 0.29) is 19.4 Å². The average molecular weight is 207 g/mol. The van der Waals surface area contributed by atoms with Crippen LogP contribution >= 0.6 is 0 Å². The minimum atomic E-state index is -2.73. The van der Waals surface area contributed by atoms with E-state index in [2.05, 4.69) is 9.47 Å². The van der Waals surface area contributed by atoms with Gasteiger partial charge in [-0.05, 0) is 13.0 Å². The normalized spacial score (nSPS) is 10.9. The van der Waals surface area contributed by atoms with Gasteiger partial charge in [0.05, 0.1) is 14.2 Å². The van der Waals surface area contributed by atoms with E-state index in [9.17, 15) is 14.0 Å². The predicted molar refractivity (Wildman–Crippen MR) is 46.2 cm³/mol. The molecule has 6 heteroatoms. The van der Waals surface area contributed by atoms with Crippen molar-refractivity contribution in [3.63, 3.8) is 0 Å². The molecule has 0 aromatic rings. The zero-order chi connectivity index (χ0) is 11.2. The number of alkyl halides is 1. The number of carbonyl (C=O) groups excluding carboxylic acids is 2. The first-order valence-electron chi connectivity index (χ1n) is 4.08. The largest absolute Gasteiger partial charge is 0.466 e. The molecule has 5 nitrogen and oxygen atoms in total. The number of hydrogen-bond donors (Lipinski definition) is 1. The first-order valence-corrected chi connectivity index (χ1v) is 4.08. The molecule has 0 aromatic carbocycles. The summed E-state index contributed by atoms with van der Waals surface area (Å²) >= 11 is 0. The monoisotopic (exact) mass is 207 g/mol. The minimum Gasteiger partial charge on any atom is -0.466 e. The van der Waals surface area contributed by atoms with Crippen LogP contribution in [0.4, 0.5) is 4.39 Å². The van der Waals surface area contributed by atoms with E-state index in [1.54, 1.807) is 0 Å². The number of esters is 2. The molecule has 0 aliphatic carbocycles. The van der Waals surface area contributed by atoms with Crippen LogP contribution in [0, 0.1) is 0 Å². The first-order chi connectivity index (χ1) is 6.52. The summed E-state index contributed by atoms with van der Waals surface area (Å²) in [6.45, 7) is 0.180. The summed E-state index contributed by atoms with van der Waals surface area (Å²) in [5.74, 6) is -2.50. The second kappa shape index (κ2) is 5.54. The maximum absolute atomic E-state index is 13.8. The van der Waals surface area contributed by atoms with Crippen LogP contribution in [0.5, 0.6) is 0 Å². The van der Waals surface area contributed by atoms with Gasteiger partial charge < -0.3 is 15.2 Å². The highest BCUT2D eigenvalue weighted by molar-refractivity contribution is 6.03. The Balaban J connectivity index is 4.65. The van der Waals surface area contributed by atoms with Gasteiger partial charge in [-0.1, -0.05) is 0 Å². The Kier molecular flexibility index (Phi) is 5.07. The Morgan fingerprint density at radius 1 is 1.29 bits per heavy atom. The minimum absolute atomic E-state index is 0.180. The number of rotatable bonds is 5. The molecular formula is C8H14FNO4. The molecule has 0 aliphatic heterocycles. The molecule has 0 unspecified atom stereocenters. The number of nitrogens with two attached hydrogens (primary N) is 1. The van der Waals surface area contributed by atoms with Crippen LogP contribution in [0.25, 0.3) is 0 Å². The van der Waals surface area contributed by atoms with Crippen molar-refractivity contribution in [3.05, 3.63) is 0 Å². The summed E-state index contributed by atoms with van der Waals surface area (Å²) in [5.41, 5.74) is 2.41. The third-order valence-corrected chi connectivity index (χ3v) is 1.74. The second-order valence-electron chi connectivity index (χ2n) is 2.68. The number of methoxy groups -OCH3 is 2. The summed E-state index contributed by atoms with van der Waals surface area (Å²) in [6, 6.07) is 0. The highest BCUT2D eigenvalue weighted by Crippen LogP contribution is 2.21. The van der Waals surface area contributed by atoms with Crippen molar-refractivity contribution in [2.24, 2.45) is 5.73 Å². The van der Waals surface area contributed by atoms with Gasteiger partial charge >= 0.3 is 17.6 Å². The maximum Gasteiger partial charge on any atom is 0.355 e. The van der Waals surface area contributed by atoms with Gasteiger partial charge in [-0.2, -0.15) is 0 Å². The van der Waals surface area contributed by atoms with Crippen LogP contribution in [0.15, 0.2) is 0 Å². The maximum atomic E-state index is 13.8. The number of halogens is 1. The molecule has 0 saturated carbocycles. The quantitative estimate of drug-likeness (QED) is 0.498. The molecule has 0 aliphatic rings. The SMILES string of the molecule is COC(=O)C(F)(CCCN)C(=O)OC. The molecule has 0 radical (unpaired) electrons. The molecule has 82 valence electrons. The van der Waals surface area contributed by atoms with Crippen molar-refractivity contribution < 1.29 is 23.5 Å². The van der Waals surface area contributed by atoms with E-state index in [1.165, 1.54) is 0 Å². The third-order valence-electron chi connectivity index (χ3n) is 1.74. The van der Waals surface area contributed by atoms with Gasteiger partial charge in [0.2, 0.25) is 0 Å². The summed E-state index contributed by atoms with van der Waals surface area (Å²) in [7, 11) is 2.00. The number of ether oxygens (including phenoxy) is 2. The van der Waals surface area contributed by atoms with Crippen molar-refractivity contribution in [3.8, 4) is 0 Å². The Hall–Kier alpha value is -1.17. The fraction of sp³-hybridized carbons (Fsp3) is 0.750. The van der Waals surface area contributed by atoms with E-state index in [0.29, 0.717) is 0 Å². The molecule has 0 bridgehead atoms. The van der Waals surface area contributed by atoms with Crippen LogP contribution in [0.3, 0.4) is 0 Å². The van der Waals surface area contributed by atoms with Crippen molar-refractivity contribution in [2.75, 3.05) is 20.8 Å². The van der Waals surface area contributed by atoms with Gasteiger partial charge in [0, 0.05) is 6.42 Å². The summed E-state index contributed by atoms with van der Waals surface area (Å²) in [5, 5.41) is 0. The smallest absolute Gasteiger partial charge is 0.355 e. The lowest BCUT2D eigenvalue weighted by Gasteiger charge is -2.19. The van der Waals surface area contributed by atoms with Crippen LogP contribution in [0.2, 0.25) is 0 Å². The summed E-state index contributed by atoms with van der Waals surface area (Å²) in [6.07, 6.45) is -0.135. The van der Waals surface area contributed by atoms with Gasteiger partial charge in [0.1, 0.15) is 0 Å². The Labute approximate surface area is 81.3 Å². The highest BCUT2D eigenvalue weighted by atomic mass is 19.1. The summed E-state index contributed by atoms with van der Waals surface area (Å²) < 4.78 is 22.1. The molecule has 0 amide bonds. The van der Waals surface area contributed by atoms with Crippen molar-refractivity contribution in [2.45, 2.75) is 18.5 Å². The fourth-order valence-corrected chi connectivity index (χ4v) is 0.957. The predicted octanol–water partition coefficient (Wildman–Crippen LogP) is -0.220. The molecule has 2 N–H and O–H groups in total. The number of carbonyl (C=O) groups is 2. The van der Waals surface area contributed by atoms with Crippen LogP contribution < -0.4 is 5.73 Å². The van der Waals surface area contributed by atoms with Crippen LogP contribution in [0.1, 0.15) is 12.8 Å². The topological polar surface area (TPSA) is 78.6 Å². The van der Waals surface area contributed by atoms with E-state index >= 15 is 0 Å². The molecule has 0 saturated heterocycles. The first kappa shape index (κ1) is 12.8.